The summed E-state index contributed by atoms with van der Waals surface area (Å²) in [4.78, 5) is 4.68. The van der Waals surface area contributed by atoms with E-state index in [1.54, 1.807) is 0 Å². The highest BCUT2D eigenvalue weighted by Gasteiger charge is 2.20. The maximum Gasteiger partial charge on any atom is 0.0756 e. The Hall–Kier alpha value is -1.36. The number of halogens is 2. The van der Waals surface area contributed by atoms with Gasteiger partial charge in [0.05, 0.1) is 24.9 Å². The van der Waals surface area contributed by atoms with Crippen LogP contribution in [0.2, 0.25) is 5.02 Å². The number of aliphatic imine (C=N–C) groups is 1. The molecule has 0 amide bonds. The van der Waals surface area contributed by atoms with E-state index >= 15 is 0 Å². The van der Waals surface area contributed by atoms with Crippen molar-refractivity contribution in [3.8, 4) is 0 Å². The zero-order chi connectivity index (χ0) is 14.8. The van der Waals surface area contributed by atoms with Crippen molar-refractivity contribution in [3.05, 3.63) is 63.1 Å². The lowest BCUT2D eigenvalue weighted by molar-refractivity contribution is 0.277. The predicted octanol–water partition coefficient (Wildman–Crippen LogP) is 3.73. The van der Waals surface area contributed by atoms with Gasteiger partial charge in [-0.2, -0.15) is 0 Å². The Morgan fingerprint density at radius 1 is 1.24 bits per heavy atom. The first kappa shape index (κ1) is 14.6. The molecule has 1 atom stereocenters. The predicted molar refractivity (Wildman–Crippen MR) is 90.6 cm³/mol. The number of aliphatic hydroxyl groups excluding tert-OH is 1. The van der Waals surface area contributed by atoms with Crippen LogP contribution in [0, 0.1) is 0 Å². The normalized spacial score (nSPS) is 17.5. The van der Waals surface area contributed by atoms with E-state index in [4.69, 9.17) is 11.6 Å². The summed E-state index contributed by atoms with van der Waals surface area (Å²) >= 11 is 9.83. The fourth-order valence-electron chi connectivity index (χ4n) is 2.38. The summed E-state index contributed by atoms with van der Waals surface area (Å²) in [5, 5.41) is 13.4. The van der Waals surface area contributed by atoms with Gasteiger partial charge in [-0.25, -0.2) is 0 Å². The first-order chi connectivity index (χ1) is 10.2. The molecule has 5 heteroatoms. The molecule has 108 valence electrons. The van der Waals surface area contributed by atoms with Crippen LogP contribution in [0.5, 0.6) is 0 Å². The molecule has 1 aliphatic rings. The van der Waals surface area contributed by atoms with Gasteiger partial charge in [0, 0.05) is 26.3 Å². The maximum absolute atomic E-state index is 9.44. The number of fused-ring (bicyclic) bond motifs is 1. The molecule has 1 heterocycles. The molecule has 3 nitrogen and oxygen atoms in total. The molecule has 2 aromatic carbocycles. The van der Waals surface area contributed by atoms with E-state index < -0.39 is 0 Å². The minimum atomic E-state index is -0.0927. The number of nitrogens with zero attached hydrogens (tertiary/aromatic N) is 1. The van der Waals surface area contributed by atoms with Crippen LogP contribution < -0.4 is 5.32 Å². The second-order valence-corrected chi connectivity index (χ2v) is 6.21. The Bertz CT molecular complexity index is 702. The minimum Gasteiger partial charge on any atom is -0.394 e. The molecule has 0 fully saturated rings. The minimum absolute atomic E-state index is 0.0365. The van der Waals surface area contributed by atoms with Crippen LogP contribution in [0.3, 0.4) is 0 Å². The molecule has 0 bridgehead atoms. The Kier molecular flexibility index (Phi) is 4.29. The summed E-state index contributed by atoms with van der Waals surface area (Å²) in [6.07, 6.45) is 0. The summed E-state index contributed by atoms with van der Waals surface area (Å²) < 4.78 is 0.977. The number of rotatable bonds is 2. The van der Waals surface area contributed by atoms with Gasteiger partial charge in [-0.3, -0.25) is 4.99 Å². The number of anilines is 1. The number of nitrogens with one attached hydrogen (secondary N) is 1. The first-order valence-electron chi connectivity index (χ1n) is 6.65. The molecule has 0 radical (unpaired) electrons. The zero-order valence-electron chi connectivity index (χ0n) is 11.2. The van der Waals surface area contributed by atoms with Gasteiger partial charge in [-0.05, 0) is 24.3 Å². The third-order valence-corrected chi connectivity index (χ3v) is 4.24. The number of benzene rings is 2. The van der Waals surface area contributed by atoms with E-state index in [-0.39, 0.29) is 12.6 Å². The molecule has 0 aliphatic carbocycles. The topological polar surface area (TPSA) is 44.6 Å². The van der Waals surface area contributed by atoms with Crippen LogP contribution in [-0.4, -0.2) is 30.0 Å². The van der Waals surface area contributed by atoms with Crippen LogP contribution in [0.4, 0.5) is 5.69 Å². The Morgan fingerprint density at radius 3 is 2.81 bits per heavy atom. The third-order valence-electron chi connectivity index (χ3n) is 3.42. The summed E-state index contributed by atoms with van der Waals surface area (Å²) in [6, 6.07) is 13.6. The Balaban J connectivity index is 2.18. The van der Waals surface area contributed by atoms with Crippen molar-refractivity contribution >= 4 is 38.9 Å². The van der Waals surface area contributed by atoms with E-state index in [1.165, 1.54) is 0 Å². The van der Waals surface area contributed by atoms with Gasteiger partial charge < -0.3 is 10.4 Å². The van der Waals surface area contributed by atoms with Crippen LogP contribution >= 0.6 is 27.5 Å². The molecule has 1 aliphatic heterocycles. The number of hydrogen-bond donors (Lipinski definition) is 2. The highest BCUT2D eigenvalue weighted by atomic mass is 79.9. The molecule has 1 unspecified atom stereocenters. The van der Waals surface area contributed by atoms with E-state index in [0.29, 0.717) is 11.6 Å². The molecule has 2 aromatic rings. The molecule has 0 saturated heterocycles. The number of benzodiazepines with no additional fused rings is 1. The molecular formula is C16H14BrClN2O. The first-order valence-corrected chi connectivity index (χ1v) is 7.83. The van der Waals surface area contributed by atoms with E-state index in [2.05, 4.69) is 26.2 Å². The summed E-state index contributed by atoms with van der Waals surface area (Å²) in [5.41, 5.74) is 3.68. The van der Waals surface area contributed by atoms with Crippen molar-refractivity contribution in [3.63, 3.8) is 0 Å². The van der Waals surface area contributed by atoms with Crippen LogP contribution in [0.15, 0.2) is 51.9 Å². The average molecular weight is 366 g/mol. The van der Waals surface area contributed by atoms with Crippen molar-refractivity contribution in [1.29, 1.82) is 0 Å². The largest absolute Gasteiger partial charge is 0.394 e. The lowest BCUT2D eigenvalue weighted by Gasteiger charge is -2.15. The highest BCUT2D eigenvalue weighted by Crippen LogP contribution is 2.29. The standard InChI is InChI=1S/C16H14BrClN2O/c17-10-5-6-15-13(7-10)16(19-8-11(9-21)20-15)12-3-1-2-4-14(12)18/h1-7,11,20-21H,8-9H2. The fraction of sp³-hybridized carbons (Fsp3) is 0.188. The van der Waals surface area contributed by atoms with Gasteiger partial charge in [0.15, 0.2) is 0 Å². The molecule has 2 N–H and O–H groups in total. The second kappa shape index (κ2) is 6.18. The smallest absolute Gasteiger partial charge is 0.0756 e. The summed E-state index contributed by atoms with van der Waals surface area (Å²) in [6.45, 7) is 0.540. The average Bonchev–Trinajstić information content (AvgIpc) is 2.67. The number of aliphatic hydroxyl groups is 1. The SMILES string of the molecule is OCC1CN=C(c2ccccc2Cl)c2cc(Br)ccc2N1. The van der Waals surface area contributed by atoms with Crippen molar-refractivity contribution < 1.29 is 5.11 Å². The molecule has 3 rings (SSSR count). The molecule has 0 spiro atoms. The zero-order valence-corrected chi connectivity index (χ0v) is 13.5. The lowest BCUT2D eigenvalue weighted by atomic mass is 10.0. The second-order valence-electron chi connectivity index (χ2n) is 4.88. The highest BCUT2D eigenvalue weighted by molar-refractivity contribution is 9.10. The molecular weight excluding hydrogens is 352 g/mol. The van der Waals surface area contributed by atoms with Crippen molar-refractivity contribution in [2.24, 2.45) is 4.99 Å². The van der Waals surface area contributed by atoms with Gasteiger partial charge >= 0.3 is 0 Å². The monoisotopic (exact) mass is 364 g/mol. The number of hydrogen-bond acceptors (Lipinski definition) is 3. The van der Waals surface area contributed by atoms with E-state index in [9.17, 15) is 5.11 Å². The summed E-state index contributed by atoms with van der Waals surface area (Å²) in [7, 11) is 0. The van der Waals surface area contributed by atoms with Gasteiger partial charge in [-0.1, -0.05) is 45.7 Å². The van der Waals surface area contributed by atoms with Gasteiger partial charge in [0.2, 0.25) is 0 Å². The van der Waals surface area contributed by atoms with Gasteiger partial charge in [0.1, 0.15) is 0 Å². The van der Waals surface area contributed by atoms with Crippen molar-refractivity contribution in [2.45, 2.75) is 6.04 Å². The molecule has 21 heavy (non-hydrogen) atoms. The lowest BCUT2D eigenvalue weighted by Crippen LogP contribution is -2.26. The maximum atomic E-state index is 9.44. The van der Waals surface area contributed by atoms with Crippen LogP contribution in [-0.2, 0) is 0 Å². The van der Waals surface area contributed by atoms with E-state index in [1.807, 2.05) is 42.5 Å². The molecule has 0 saturated carbocycles. The fourth-order valence-corrected chi connectivity index (χ4v) is 2.96. The van der Waals surface area contributed by atoms with Crippen molar-refractivity contribution in [2.75, 3.05) is 18.5 Å². The quantitative estimate of drug-likeness (QED) is 0.852. The molecule has 0 aromatic heterocycles. The summed E-state index contributed by atoms with van der Waals surface area (Å²) in [5.74, 6) is 0. The van der Waals surface area contributed by atoms with E-state index in [0.717, 1.165) is 27.0 Å². The van der Waals surface area contributed by atoms with Gasteiger partial charge in [0.25, 0.3) is 0 Å². The van der Waals surface area contributed by atoms with Crippen molar-refractivity contribution in [1.82, 2.24) is 0 Å². The van der Waals surface area contributed by atoms with Crippen LogP contribution in [0.25, 0.3) is 0 Å². The van der Waals surface area contributed by atoms with Gasteiger partial charge in [-0.15, -0.1) is 0 Å². The third kappa shape index (κ3) is 2.98. The Labute approximate surface area is 136 Å². The van der Waals surface area contributed by atoms with Crippen LogP contribution in [0.1, 0.15) is 11.1 Å². The Morgan fingerprint density at radius 2 is 2.05 bits per heavy atom.